The molecule has 3 N–H and O–H groups in total. The second-order valence-corrected chi connectivity index (χ2v) is 7.87. The van der Waals surface area contributed by atoms with Gasteiger partial charge in [0.25, 0.3) is 0 Å². The molecule has 3 atom stereocenters. The van der Waals surface area contributed by atoms with Crippen LogP contribution in [0.2, 0.25) is 0 Å². The summed E-state index contributed by atoms with van der Waals surface area (Å²) in [4.78, 5) is 11.1. The molecule has 0 aromatic carbocycles. The average molecular weight is 388 g/mol. The molecule has 3 unspecified atom stereocenters. The van der Waals surface area contributed by atoms with Crippen LogP contribution in [0.5, 0.6) is 0 Å². The van der Waals surface area contributed by atoms with Gasteiger partial charge in [0.15, 0.2) is 0 Å². The van der Waals surface area contributed by atoms with E-state index in [0.717, 1.165) is 51.4 Å². The van der Waals surface area contributed by atoms with Crippen molar-refractivity contribution in [3.05, 3.63) is 0 Å². The van der Waals surface area contributed by atoms with Crippen LogP contribution in [0.3, 0.4) is 0 Å². The monoisotopic (exact) mass is 387 g/mol. The van der Waals surface area contributed by atoms with Crippen LogP contribution in [0.15, 0.2) is 0 Å². The average Bonchev–Trinajstić information content (AvgIpc) is 2.65. The van der Waals surface area contributed by atoms with Crippen LogP contribution in [0.25, 0.3) is 0 Å². The van der Waals surface area contributed by atoms with E-state index >= 15 is 0 Å². The molecule has 0 aliphatic carbocycles. The van der Waals surface area contributed by atoms with Gasteiger partial charge < -0.3 is 20.3 Å². The number of hydrogen-bond donors (Lipinski definition) is 3. The van der Waals surface area contributed by atoms with Crippen molar-refractivity contribution < 1.29 is 19.7 Å². The lowest BCUT2D eigenvalue weighted by Gasteiger charge is -2.25. The minimum atomic E-state index is -0.396. The first-order valence-electron chi connectivity index (χ1n) is 11.2. The number of unbranched alkanes of at least 4 members (excludes halogenated alkanes) is 9. The third-order valence-electron chi connectivity index (χ3n) is 5.12. The highest BCUT2D eigenvalue weighted by Gasteiger charge is 2.18. The lowest BCUT2D eigenvalue weighted by Crippen LogP contribution is -2.42. The van der Waals surface area contributed by atoms with Gasteiger partial charge in [0, 0.05) is 19.0 Å². The Bertz CT molecular complexity index is 336. The summed E-state index contributed by atoms with van der Waals surface area (Å²) in [6, 6.07) is 0.0605. The molecule has 0 aromatic heterocycles. The molecule has 5 nitrogen and oxygen atoms in total. The zero-order valence-electron chi connectivity index (χ0n) is 18.0. The predicted octanol–water partition coefficient (Wildman–Crippen LogP) is 4.34. The Hall–Kier alpha value is -0.650. The minimum absolute atomic E-state index is 0.0605. The Balaban J connectivity index is 3.95. The number of esters is 1. The van der Waals surface area contributed by atoms with E-state index in [2.05, 4.69) is 17.0 Å². The molecule has 0 aliphatic heterocycles. The summed E-state index contributed by atoms with van der Waals surface area (Å²) in [7, 11) is 1.43. The summed E-state index contributed by atoms with van der Waals surface area (Å²) < 4.78 is 4.65. The van der Waals surface area contributed by atoms with Crippen LogP contribution >= 0.6 is 0 Å². The Morgan fingerprint density at radius 1 is 0.889 bits per heavy atom. The predicted molar refractivity (Wildman–Crippen MR) is 112 cm³/mol. The third kappa shape index (κ3) is 17.2. The van der Waals surface area contributed by atoms with Crippen molar-refractivity contribution in [2.75, 3.05) is 13.7 Å². The second-order valence-electron chi connectivity index (χ2n) is 7.87. The van der Waals surface area contributed by atoms with E-state index in [0.29, 0.717) is 13.0 Å². The number of methoxy groups -OCH3 is 1. The Kier molecular flexibility index (Phi) is 18.3. The van der Waals surface area contributed by atoms with E-state index < -0.39 is 6.10 Å². The molecule has 27 heavy (non-hydrogen) atoms. The van der Waals surface area contributed by atoms with Gasteiger partial charge in [-0.05, 0) is 26.2 Å². The normalized spacial score (nSPS) is 14.7. The first-order chi connectivity index (χ1) is 13.0. The van der Waals surface area contributed by atoms with Crippen molar-refractivity contribution in [1.29, 1.82) is 0 Å². The van der Waals surface area contributed by atoms with E-state index in [1.807, 2.05) is 0 Å². The van der Waals surface area contributed by atoms with E-state index in [-0.39, 0.29) is 18.1 Å². The largest absolute Gasteiger partial charge is 0.469 e. The lowest BCUT2D eigenvalue weighted by atomic mass is 9.97. The number of carbonyl (C=O) groups is 1. The van der Waals surface area contributed by atoms with Crippen LogP contribution in [-0.2, 0) is 9.53 Å². The van der Waals surface area contributed by atoms with Crippen LogP contribution in [0.1, 0.15) is 104 Å². The van der Waals surface area contributed by atoms with Gasteiger partial charge in [-0.1, -0.05) is 71.1 Å². The van der Waals surface area contributed by atoms with Crippen molar-refractivity contribution in [2.24, 2.45) is 0 Å². The van der Waals surface area contributed by atoms with Crippen LogP contribution in [-0.4, -0.2) is 48.1 Å². The van der Waals surface area contributed by atoms with Gasteiger partial charge in [-0.2, -0.15) is 0 Å². The molecular weight excluding hydrogens is 342 g/mol. The fourth-order valence-electron chi connectivity index (χ4n) is 3.35. The highest BCUT2D eigenvalue weighted by atomic mass is 16.5. The van der Waals surface area contributed by atoms with Crippen LogP contribution in [0.4, 0.5) is 0 Å². The number of carbonyl (C=O) groups excluding carboxylic acids is 1. The van der Waals surface area contributed by atoms with Gasteiger partial charge in [0.05, 0.1) is 19.3 Å². The standard InChI is InChI=1S/C22H45NO4/c1-4-5-6-7-10-13-16-21(25)20(23-18-19(2)24)15-12-9-8-11-14-17-22(26)27-3/h19-21,23-25H,4-18H2,1-3H3. The summed E-state index contributed by atoms with van der Waals surface area (Å²) in [5.41, 5.74) is 0. The minimum Gasteiger partial charge on any atom is -0.469 e. The topological polar surface area (TPSA) is 78.8 Å². The van der Waals surface area contributed by atoms with Gasteiger partial charge in [0.1, 0.15) is 0 Å². The molecule has 0 aromatic rings. The molecule has 0 rings (SSSR count). The smallest absolute Gasteiger partial charge is 0.305 e. The molecule has 0 spiro atoms. The van der Waals surface area contributed by atoms with Crippen molar-refractivity contribution in [1.82, 2.24) is 5.32 Å². The van der Waals surface area contributed by atoms with Crippen molar-refractivity contribution in [3.8, 4) is 0 Å². The summed E-state index contributed by atoms with van der Waals surface area (Å²) in [6.45, 7) is 4.52. The molecule has 162 valence electrons. The van der Waals surface area contributed by atoms with Crippen molar-refractivity contribution in [2.45, 2.75) is 122 Å². The highest BCUT2D eigenvalue weighted by Crippen LogP contribution is 2.15. The molecule has 0 fully saturated rings. The maximum Gasteiger partial charge on any atom is 0.305 e. The summed E-state index contributed by atoms with van der Waals surface area (Å²) in [5.74, 6) is -0.129. The van der Waals surface area contributed by atoms with Gasteiger partial charge >= 0.3 is 5.97 Å². The van der Waals surface area contributed by atoms with Crippen LogP contribution < -0.4 is 5.32 Å². The molecule has 0 saturated heterocycles. The summed E-state index contributed by atoms with van der Waals surface area (Å²) in [6.07, 6.45) is 14.1. The fourth-order valence-corrected chi connectivity index (χ4v) is 3.35. The Labute approximate surface area is 167 Å². The molecule has 0 saturated carbocycles. The van der Waals surface area contributed by atoms with Gasteiger partial charge in [-0.15, -0.1) is 0 Å². The Morgan fingerprint density at radius 2 is 1.44 bits per heavy atom. The fraction of sp³-hybridized carbons (Fsp3) is 0.955. The lowest BCUT2D eigenvalue weighted by molar-refractivity contribution is -0.140. The summed E-state index contributed by atoms with van der Waals surface area (Å²) in [5, 5.41) is 23.4. The quantitative estimate of drug-likeness (QED) is 0.227. The van der Waals surface area contributed by atoms with E-state index in [1.54, 1.807) is 6.92 Å². The molecule has 0 amide bonds. The van der Waals surface area contributed by atoms with Gasteiger partial charge in [-0.25, -0.2) is 0 Å². The SMILES string of the molecule is CCCCCCCCC(O)C(CCCCCCCC(=O)OC)NCC(C)O. The first kappa shape index (κ1) is 26.4. The van der Waals surface area contributed by atoms with Crippen molar-refractivity contribution >= 4 is 5.97 Å². The number of aliphatic hydroxyl groups is 2. The van der Waals surface area contributed by atoms with Crippen molar-refractivity contribution in [3.63, 3.8) is 0 Å². The number of ether oxygens (including phenoxy) is 1. The zero-order chi connectivity index (χ0) is 20.3. The maximum atomic E-state index is 11.1. The first-order valence-corrected chi connectivity index (χ1v) is 11.2. The molecule has 0 aliphatic rings. The van der Waals surface area contributed by atoms with E-state index in [1.165, 1.54) is 39.2 Å². The zero-order valence-corrected chi connectivity index (χ0v) is 18.0. The number of nitrogens with one attached hydrogen (secondary N) is 1. The Morgan fingerprint density at radius 3 is 2.04 bits per heavy atom. The molecule has 0 bridgehead atoms. The molecule has 0 heterocycles. The van der Waals surface area contributed by atoms with Gasteiger partial charge in [0.2, 0.25) is 0 Å². The van der Waals surface area contributed by atoms with Gasteiger partial charge in [-0.3, -0.25) is 4.79 Å². The number of hydrogen-bond acceptors (Lipinski definition) is 5. The highest BCUT2D eigenvalue weighted by molar-refractivity contribution is 5.68. The molecule has 0 radical (unpaired) electrons. The van der Waals surface area contributed by atoms with E-state index in [9.17, 15) is 15.0 Å². The van der Waals surface area contributed by atoms with E-state index in [4.69, 9.17) is 0 Å². The number of rotatable bonds is 19. The van der Waals surface area contributed by atoms with Crippen LogP contribution in [0, 0.1) is 0 Å². The number of aliphatic hydroxyl groups excluding tert-OH is 2. The maximum absolute atomic E-state index is 11.1. The second kappa shape index (κ2) is 18.7. The molecule has 5 heteroatoms. The summed E-state index contributed by atoms with van der Waals surface area (Å²) >= 11 is 0. The molecular formula is C22H45NO4. The third-order valence-corrected chi connectivity index (χ3v) is 5.12.